The van der Waals surface area contributed by atoms with Gasteiger partial charge in [-0.25, -0.2) is 4.79 Å². The molecule has 1 fully saturated rings. The lowest BCUT2D eigenvalue weighted by Gasteiger charge is -2.37. The fraction of sp³-hybridized carbons (Fsp3) is 0.273. The summed E-state index contributed by atoms with van der Waals surface area (Å²) < 4.78 is 25.1. The Balaban J connectivity index is 1.52. The van der Waals surface area contributed by atoms with Gasteiger partial charge in [0.05, 0.1) is 33.5 Å². The molecule has 10 nitrogen and oxygen atoms in total. The predicted molar refractivity (Wildman–Crippen MR) is 160 cm³/mol. The number of hydrogen-bond acceptors (Lipinski definition) is 8. The number of aliphatic hydroxyl groups excluding tert-OH is 1. The first-order chi connectivity index (χ1) is 20.9. The largest absolute Gasteiger partial charge is 0.497 e. The number of H-pyrrole nitrogens is 1. The highest BCUT2D eigenvalue weighted by molar-refractivity contribution is 5.49. The molecule has 4 N–H and O–H groups in total. The molecule has 1 aromatic heterocycles. The van der Waals surface area contributed by atoms with Crippen LogP contribution in [-0.2, 0) is 15.1 Å². The van der Waals surface area contributed by atoms with Crippen LogP contribution in [0.3, 0.4) is 0 Å². The van der Waals surface area contributed by atoms with E-state index < -0.39 is 35.3 Å². The third kappa shape index (κ3) is 6.11. The fourth-order valence-electron chi connectivity index (χ4n) is 5.25. The summed E-state index contributed by atoms with van der Waals surface area (Å²) in [4.78, 5) is 27.1. The minimum Gasteiger partial charge on any atom is -0.497 e. The number of methoxy groups -OCH3 is 2. The average molecular weight is 584 g/mol. The summed E-state index contributed by atoms with van der Waals surface area (Å²) in [6, 6.07) is 25.0. The van der Waals surface area contributed by atoms with Gasteiger partial charge in [-0.05, 0) is 41.0 Å². The molecule has 43 heavy (non-hydrogen) atoms. The lowest BCUT2D eigenvalue weighted by molar-refractivity contribution is -0.0944. The van der Waals surface area contributed by atoms with Gasteiger partial charge in [0.2, 0.25) is 0 Å². The molecule has 1 aliphatic rings. The van der Waals surface area contributed by atoms with Gasteiger partial charge in [0.25, 0.3) is 5.56 Å². The van der Waals surface area contributed by atoms with Crippen LogP contribution in [0.4, 0.5) is 0 Å². The van der Waals surface area contributed by atoms with Crippen molar-refractivity contribution in [3.63, 3.8) is 0 Å². The van der Waals surface area contributed by atoms with Gasteiger partial charge in [-0.2, -0.15) is 0 Å². The van der Waals surface area contributed by atoms with Crippen molar-refractivity contribution in [3.8, 4) is 23.3 Å². The van der Waals surface area contributed by atoms with Crippen molar-refractivity contribution in [1.82, 2.24) is 9.55 Å². The molecule has 3 aromatic carbocycles. The van der Waals surface area contributed by atoms with E-state index >= 15 is 0 Å². The second-order valence-electron chi connectivity index (χ2n) is 9.96. The van der Waals surface area contributed by atoms with E-state index in [4.69, 9.17) is 24.7 Å². The van der Waals surface area contributed by atoms with E-state index in [0.29, 0.717) is 11.5 Å². The summed E-state index contributed by atoms with van der Waals surface area (Å²) in [7, 11) is 3.21. The van der Waals surface area contributed by atoms with Gasteiger partial charge in [0.15, 0.2) is 0 Å². The van der Waals surface area contributed by atoms with Crippen LogP contribution in [0.1, 0.15) is 34.9 Å². The standard InChI is InChI=1S/C33H33N3O7/c1-40-26-14-10-24(11-15-26)33(23-8-4-3-5-9-23,25-12-16-27(41-2)17-13-25)42-21-29-28(37)19-30(43-29)36-20-22(7-6-18-34)31(38)35-32(36)39/h3-5,8-17,20,28-30,37H,18-19,21,34H2,1-2H3,(H,35,38,39)/t28?,29-,30-/m0/s1. The Hall–Kier alpha value is -4.66. The summed E-state index contributed by atoms with van der Waals surface area (Å²) in [5.41, 5.74) is 5.62. The number of ether oxygens (including phenoxy) is 4. The van der Waals surface area contributed by atoms with Gasteiger partial charge >= 0.3 is 5.69 Å². The Kier molecular flexibility index (Phi) is 9.09. The lowest BCUT2D eigenvalue weighted by Crippen LogP contribution is -2.38. The van der Waals surface area contributed by atoms with Gasteiger partial charge < -0.3 is 29.8 Å². The SMILES string of the molecule is COc1ccc(C(OC[C@@H]2O[C@H](n3cc(C#CCN)c(=O)[nH]c3=O)CC2O)(c2ccccc2)c2ccc(OC)cc2)cc1. The number of nitrogens with zero attached hydrogens (tertiary/aromatic N) is 1. The predicted octanol–water partition coefficient (Wildman–Crippen LogP) is 2.52. The van der Waals surface area contributed by atoms with Crippen LogP contribution >= 0.6 is 0 Å². The Morgan fingerprint density at radius 1 is 0.953 bits per heavy atom. The van der Waals surface area contributed by atoms with Crippen LogP contribution in [0.15, 0.2) is 94.6 Å². The molecule has 0 spiro atoms. The first kappa shape index (κ1) is 29.8. The topological polar surface area (TPSA) is 138 Å². The molecule has 1 saturated heterocycles. The molecule has 0 aliphatic carbocycles. The first-order valence-corrected chi connectivity index (χ1v) is 13.8. The lowest BCUT2D eigenvalue weighted by atomic mass is 9.80. The van der Waals surface area contributed by atoms with Crippen molar-refractivity contribution in [2.24, 2.45) is 5.73 Å². The maximum Gasteiger partial charge on any atom is 0.330 e. The number of nitrogens with two attached hydrogens (primary N) is 1. The van der Waals surface area contributed by atoms with Gasteiger partial charge in [0.1, 0.15) is 35.0 Å². The summed E-state index contributed by atoms with van der Waals surface area (Å²) in [6.07, 6.45) is -1.16. The third-order valence-electron chi connectivity index (χ3n) is 7.44. The normalized spacial score (nSPS) is 18.1. The Bertz CT molecular complexity index is 1660. The second-order valence-corrected chi connectivity index (χ2v) is 9.96. The highest BCUT2D eigenvalue weighted by Gasteiger charge is 2.42. The van der Waals surface area contributed by atoms with E-state index in [2.05, 4.69) is 16.8 Å². The molecule has 5 rings (SSSR count). The smallest absolute Gasteiger partial charge is 0.330 e. The molecule has 222 valence electrons. The van der Waals surface area contributed by atoms with E-state index in [1.807, 2.05) is 78.9 Å². The number of benzene rings is 3. The van der Waals surface area contributed by atoms with Gasteiger partial charge in [-0.1, -0.05) is 66.4 Å². The molecular formula is C33H33N3O7. The summed E-state index contributed by atoms with van der Waals surface area (Å²) in [5, 5.41) is 11.1. The molecule has 3 atom stereocenters. The monoisotopic (exact) mass is 583 g/mol. The quantitative estimate of drug-likeness (QED) is 0.202. The molecular weight excluding hydrogens is 550 g/mol. The third-order valence-corrected chi connectivity index (χ3v) is 7.44. The van der Waals surface area contributed by atoms with Crippen LogP contribution in [0.25, 0.3) is 0 Å². The molecule has 1 unspecified atom stereocenters. The highest BCUT2D eigenvalue weighted by atomic mass is 16.6. The van der Waals surface area contributed by atoms with Gasteiger partial charge in [0, 0.05) is 12.6 Å². The highest BCUT2D eigenvalue weighted by Crippen LogP contribution is 2.42. The molecule has 2 heterocycles. The summed E-state index contributed by atoms with van der Waals surface area (Å²) >= 11 is 0. The Labute approximate surface area is 248 Å². The fourth-order valence-corrected chi connectivity index (χ4v) is 5.25. The van der Waals surface area contributed by atoms with Crippen molar-refractivity contribution in [2.45, 2.75) is 30.5 Å². The van der Waals surface area contributed by atoms with Crippen LogP contribution in [0.5, 0.6) is 11.5 Å². The number of aromatic amines is 1. The van der Waals surface area contributed by atoms with E-state index in [-0.39, 0.29) is 25.1 Å². The first-order valence-electron chi connectivity index (χ1n) is 13.8. The van der Waals surface area contributed by atoms with Crippen molar-refractivity contribution in [1.29, 1.82) is 0 Å². The summed E-state index contributed by atoms with van der Waals surface area (Å²) in [6.45, 7) is 0.0325. The zero-order valence-corrected chi connectivity index (χ0v) is 23.9. The zero-order valence-electron chi connectivity index (χ0n) is 23.9. The van der Waals surface area contributed by atoms with Crippen LogP contribution in [0, 0.1) is 11.8 Å². The maximum atomic E-state index is 12.7. The zero-order chi connectivity index (χ0) is 30.4. The number of aromatic nitrogens is 2. The Morgan fingerprint density at radius 2 is 1.53 bits per heavy atom. The van der Waals surface area contributed by atoms with E-state index in [1.165, 1.54) is 10.8 Å². The molecule has 10 heteroatoms. The van der Waals surface area contributed by atoms with Crippen molar-refractivity contribution in [3.05, 3.63) is 128 Å². The second kappa shape index (κ2) is 13.1. The molecule has 0 saturated carbocycles. The minimum atomic E-state index is -1.11. The molecule has 4 aromatic rings. The van der Waals surface area contributed by atoms with Crippen molar-refractivity contribution in [2.75, 3.05) is 27.4 Å². The van der Waals surface area contributed by atoms with Gasteiger partial charge in [-0.3, -0.25) is 14.3 Å². The van der Waals surface area contributed by atoms with Crippen LogP contribution in [0.2, 0.25) is 0 Å². The number of aliphatic hydroxyl groups is 1. The van der Waals surface area contributed by atoms with Crippen LogP contribution < -0.4 is 26.5 Å². The minimum absolute atomic E-state index is 0.0252. The van der Waals surface area contributed by atoms with Crippen molar-refractivity contribution >= 4 is 0 Å². The average Bonchev–Trinajstić information content (AvgIpc) is 3.41. The number of hydrogen-bond donors (Lipinski definition) is 3. The van der Waals surface area contributed by atoms with Crippen molar-refractivity contribution < 1.29 is 24.1 Å². The van der Waals surface area contributed by atoms with E-state index in [1.54, 1.807) is 14.2 Å². The maximum absolute atomic E-state index is 12.7. The molecule has 0 radical (unpaired) electrons. The number of nitrogens with one attached hydrogen (secondary N) is 1. The number of rotatable bonds is 9. The molecule has 0 amide bonds. The van der Waals surface area contributed by atoms with Crippen LogP contribution in [-0.4, -0.2) is 54.2 Å². The molecule has 0 bridgehead atoms. The van der Waals surface area contributed by atoms with E-state index in [0.717, 1.165) is 16.7 Å². The van der Waals surface area contributed by atoms with Gasteiger partial charge in [-0.15, -0.1) is 0 Å². The summed E-state index contributed by atoms with van der Waals surface area (Å²) in [5.74, 6) is 6.67. The molecule has 1 aliphatic heterocycles. The Morgan fingerprint density at radius 3 is 2.09 bits per heavy atom. The van der Waals surface area contributed by atoms with E-state index in [9.17, 15) is 14.7 Å².